The van der Waals surface area contributed by atoms with E-state index >= 15 is 0 Å². The first-order valence-electron chi connectivity index (χ1n) is 7.95. The Bertz CT molecular complexity index is 632. The van der Waals surface area contributed by atoms with Crippen LogP contribution in [0.15, 0.2) is 30.5 Å². The van der Waals surface area contributed by atoms with Crippen molar-refractivity contribution in [1.82, 2.24) is 14.9 Å². The lowest BCUT2D eigenvalue weighted by Gasteiger charge is -2.31. The fourth-order valence-electron chi connectivity index (χ4n) is 2.70. The molecule has 6 heteroatoms. The summed E-state index contributed by atoms with van der Waals surface area (Å²) in [6.45, 7) is 5.79. The van der Waals surface area contributed by atoms with E-state index in [1.807, 2.05) is 13.1 Å². The number of benzene rings is 1. The van der Waals surface area contributed by atoms with Gasteiger partial charge in [0.15, 0.2) is 11.6 Å². The molecule has 1 aliphatic rings. The minimum atomic E-state index is -0.313. The van der Waals surface area contributed by atoms with Crippen LogP contribution in [0.3, 0.4) is 0 Å². The Kier molecular flexibility index (Phi) is 5.25. The molecule has 1 saturated heterocycles. The van der Waals surface area contributed by atoms with E-state index < -0.39 is 0 Å². The van der Waals surface area contributed by atoms with E-state index in [1.165, 1.54) is 6.07 Å². The second-order valence-electron chi connectivity index (χ2n) is 5.74. The molecule has 0 spiro atoms. The van der Waals surface area contributed by atoms with Gasteiger partial charge < -0.3 is 14.5 Å². The van der Waals surface area contributed by atoms with E-state index in [9.17, 15) is 4.39 Å². The van der Waals surface area contributed by atoms with Crippen LogP contribution in [-0.4, -0.2) is 47.7 Å². The maximum Gasteiger partial charge on any atom is 0.165 e. The predicted molar refractivity (Wildman–Crippen MR) is 85.0 cm³/mol. The van der Waals surface area contributed by atoms with Crippen molar-refractivity contribution in [2.24, 2.45) is 0 Å². The summed E-state index contributed by atoms with van der Waals surface area (Å²) in [5.74, 6) is 0.889. The quantitative estimate of drug-likeness (QED) is 0.832. The van der Waals surface area contributed by atoms with Gasteiger partial charge in [-0.2, -0.15) is 0 Å². The van der Waals surface area contributed by atoms with Crippen LogP contribution in [0.1, 0.15) is 24.0 Å². The zero-order chi connectivity index (χ0) is 16.1. The summed E-state index contributed by atoms with van der Waals surface area (Å²) in [4.78, 5) is 9.91. The standard InChI is InChI=1S/C17H22FN3O2/c1-13-11-19-17(20-13)16-12-21(8-10-23-16)7-4-9-22-15-6-3-2-5-14(15)18/h2-3,5-6,11,16H,4,7-10,12H2,1H3,(H,19,20)/t16-/m0/s1. The van der Waals surface area contributed by atoms with Crippen LogP contribution in [0.4, 0.5) is 4.39 Å². The highest BCUT2D eigenvalue weighted by Crippen LogP contribution is 2.20. The number of morpholine rings is 1. The average Bonchev–Trinajstić information content (AvgIpc) is 3.00. The van der Waals surface area contributed by atoms with Gasteiger partial charge in [0.1, 0.15) is 11.9 Å². The zero-order valence-corrected chi connectivity index (χ0v) is 13.3. The lowest BCUT2D eigenvalue weighted by molar-refractivity contribution is -0.0349. The van der Waals surface area contributed by atoms with Crippen LogP contribution < -0.4 is 4.74 Å². The Hall–Kier alpha value is -1.92. The van der Waals surface area contributed by atoms with E-state index in [4.69, 9.17) is 9.47 Å². The Morgan fingerprint density at radius 3 is 3.09 bits per heavy atom. The van der Waals surface area contributed by atoms with Gasteiger partial charge in [-0.05, 0) is 25.5 Å². The molecule has 1 aromatic heterocycles. The van der Waals surface area contributed by atoms with E-state index in [1.54, 1.807) is 18.2 Å². The number of hydrogen-bond donors (Lipinski definition) is 1. The van der Waals surface area contributed by atoms with Crippen LogP contribution in [-0.2, 0) is 4.74 Å². The Morgan fingerprint density at radius 2 is 2.30 bits per heavy atom. The molecule has 2 heterocycles. The summed E-state index contributed by atoms with van der Waals surface area (Å²) in [7, 11) is 0. The molecule has 1 N–H and O–H groups in total. The topological polar surface area (TPSA) is 50.4 Å². The Morgan fingerprint density at radius 1 is 1.43 bits per heavy atom. The molecule has 0 amide bonds. The smallest absolute Gasteiger partial charge is 0.165 e. The molecule has 1 aliphatic heterocycles. The highest BCUT2D eigenvalue weighted by Gasteiger charge is 2.23. The van der Waals surface area contributed by atoms with E-state index in [-0.39, 0.29) is 11.9 Å². The second-order valence-corrected chi connectivity index (χ2v) is 5.74. The second kappa shape index (κ2) is 7.57. The van der Waals surface area contributed by atoms with E-state index in [2.05, 4.69) is 14.9 Å². The molecule has 23 heavy (non-hydrogen) atoms. The molecular formula is C17H22FN3O2. The monoisotopic (exact) mass is 319 g/mol. The largest absolute Gasteiger partial charge is 0.490 e. The third kappa shape index (κ3) is 4.30. The lowest BCUT2D eigenvalue weighted by atomic mass is 10.2. The van der Waals surface area contributed by atoms with Crippen molar-refractivity contribution in [2.45, 2.75) is 19.4 Å². The highest BCUT2D eigenvalue weighted by atomic mass is 19.1. The van der Waals surface area contributed by atoms with Gasteiger partial charge in [0.25, 0.3) is 0 Å². The van der Waals surface area contributed by atoms with Gasteiger partial charge in [-0.15, -0.1) is 0 Å². The normalized spacial score (nSPS) is 19.0. The first-order valence-corrected chi connectivity index (χ1v) is 7.95. The molecule has 2 aromatic rings. The first kappa shape index (κ1) is 16.0. The summed E-state index contributed by atoms with van der Waals surface area (Å²) in [5, 5.41) is 0. The number of imidazole rings is 1. The van der Waals surface area contributed by atoms with Crippen molar-refractivity contribution in [3.8, 4) is 5.75 Å². The summed E-state index contributed by atoms with van der Waals surface area (Å²) >= 11 is 0. The Balaban J connectivity index is 1.42. The van der Waals surface area contributed by atoms with E-state index in [0.29, 0.717) is 19.0 Å². The molecule has 0 saturated carbocycles. The van der Waals surface area contributed by atoms with Crippen molar-refractivity contribution in [3.63, 3.8) is 0 Å². The molecule has 124 valence electrons. The minimum absolute atomic E-state index is 0.00932. The molecule has 1 fully saturated rings. The van der Waals surface area contributed by atoms with Gasteiger partial charge in [-0.25, -0.2) is 9.37 Å². The molecule has 0 unspecified atom stereocenters. The number of H-pyrrole nitrogens is 1. The number of ether oxygens (including phenoxy) is 2. The molecule has 0 radical (unpaired) electrons. The average molecular weight is 319 g/mol. The van der Waals surface area contributed by atoms with Crippen molar-refractivity contribution in [2.75, 3.05) is 32.8 Å². The number of hydrogen-bond acceptors (Lipinski definition) is 4. The maximum absolute atomic E-state index is 13.5. The summed E-state index contributed by atoms with van der Waals surface area (Å²) in [5.41, 5.74) is 1.04. The van der Waals surface area contributed by atoms with E-state index in [0.717, 1.165) is 37.6 Å². The third-order valence-corrected chi connectivity index (χ3v) is 3.89. The van der Waals surface area contributed by atoms with Gasteiger partial charge >= 0.3 is 0 Å². The first-order chi connectivity index (χ1) is 11.2. The van der Waals surface area contributed by atoms with Crippen LogP contribution in [0.5, 0.6) is 5.75 Å². The van der Waals surface area contributed by atoms with Crippen LogP contribution >= 0.6 is 0 Å². The number of para-hydroxylation sites is 1. The number of nitrogens with one attached hydrogen (secondary N) is 1. The molecule has 5 nitrogen and oxygen atoms in total. The van der Waals surface area contributed by atoms with Gasteiger partial charge in [0, 0.05) is 31.5 Å². The minimum Gasteiger partial charge on any atom is -0.490 e. The van der Waals surface area contributed by atoms with Crippen molar-refractivity contribution in [3.05, 3.63) is 47.8 Å². The zero-order valence-electron chi connectivity index (χ0n) is 13.3. The molecule has 3 rings (SSSR count). The molecule has 0 bridgehead atoms. The fourth-order valence-corrected chi connectivity index (χ4v) is 2.70. The summed E-state index contributed by atoms with van der Waals surface area (Å²) < 4.78 is 24.7. The lowest BCUT2D eigenvalue weighted by Crippen LogP contribution is -2.39. The molecular weight excluding hydrogens is 297 g/mol. The van der Waals surface area contributed by atoms with Gasteiger partial charge in [-0.3, -0.25) is 4.90 Å². The van der Waals surface area contributed by atoms with Crippen molar-refractivity contribution >= 4 is 0 Å². The predicted octanol–water partition coefficient (Wildman–Crippen LogP) is 2.70. The number of rotatable bonds is 6. The number of aromatic nitrogens is 2. The third-order valence-electron chi connectivity index (χ3n) is 3.89. The van der Waals surface area contributed by atoms with Crippen molar-refractivity contribution < 1.29 is 13.9 Å². The van der Waals surface area contributed by atoms with Crippen LogP contribution in [0.2, 0.25) is 0 Å². The number of aryl methyl sites for hydroxylation is 1. The summed E-state index contributed by atoms with van der Waals surface area (Å²) in [6.07, 6.45) is 2.66. The maximum atomic E-state index is 13.5. The van der Waals surface area contributed by atoms with Gasteiger partial charge in [-0.1, -0.05) is 12.1 Å². The van der Waals surface area contributed by atoms with Crippen molar-refractivity contribution in [1.29, 1.82) is 0 Å². The number of aromatic amines is 1. The van der Waals surface area contributed by atoms with Crippen LogP contribution in [0, 0.1) is 12.7 Å². The molecule has 1 aromatic carbocycles. The van der Waals surface area contributed by atoms with Gasteiger partial charge in [0.2, 0.25) is 0 Å². The van der Waals surface area contributed by atoms with Crippen LogP contribution in [0.25, 0.3) is 0 Å². The fraction of sp³-hybridized carbons (Fsp3) is 0.471. The highest BCUT2D eigenvalue weighted by molar-refractivity contribution is 5.23. The van der Waals surface area contributed by atoms with Gasteiger partial charge in [0.05, 0.1) is 13.2 Å². The Labute approximate surface area is 135 Å². The molecule has 1 atom stereocenters. The molecule has 0 aliphatic carbocycles. The number of halogens is 1. The number of nitrogens with zero attached hydrogens (tertiary/aromatic N) is 2. The summed E-state index contributed by atoms with van der Waals surface area (Å²) in [6, 6.07) is 6.50. The SMILES string of the molecule is Cc1cnc([C@@H]2CN(CCCOc3ccccc3F)CCO2)[nH]1.